The molecule has 0 amide bonds. The molecule has 1 aliphatic heterocycles. The lowest BCUT2D eigenvalue weighted by Gasteiger charge is -2.32. The van der Waals surface area contributed by atoms with E-state index in [-0.39, 0.29) is 6.61 Å². The molecule has 0 unspecified atom stereocenters. The van der Waals surface area contributed by atoms with E-state index in [1.165, 1.54) is 0 Å². The number of nitrogens with one attached hydrogen (secondary N) is 1. The summed E-state index contributed by atoms with van der Waals surface area (Å²) >= 11 is 0. The molecule has 1 aliphatic rings. The van der Waals surface area contributed by atoms with Gasteiger partial charge in [-0.3, -0.25) is 4.98 Å². The number of aryl methyl sites for hydroxylation is 1. The first-order valence-electron chi connectivity index (χ1n) is 7.96. The molecule has 0 aliphatic carbocycles. The first kappa shape index (κ1) is 15.8. The molecule has 0 spiro atoms. The minimum Gasteiger partial charge on any atom is -0.395 e. The number of hydrogen-bond acceptors (Lipinski definition) is 7. The number of aromatic nitrogens is 4. The Bertz CT molecular complexity index is 634. The van der Waals surface area contributed by atoms with E-state index in [9.17, 15) is 0 Å². The molecule has 0 aromatic carbocycles. The smallest absolute Gasteiger partial charge is 0.150 e. The second kappa shape index (κ2) is 7.43. The summed E-state index contributed by atoms with van der Waals surface area (Å²) < 4.78 is 0. The van der Waals surface area contributed by atoms with Gasteiger partial charge in [0.1, 0.15) is 17.5 Å². The average Bonchev–Trinajstić information content (AvgIpc) is 2.56. The quantitative estimate of drug-likeness (QED) is 0.864. The van der Waals surface area contributed by atoms with Gasteiger partial charge in [0.05, 0.1) is 18.5 Å². The molecule has 3 heterocycles. The van der Waals surface area contributed by atoms with Gasteiger partial charge >= 0.3 is 0 Å². The summed E-state index contributed by atoms with van der Waals surface area (Å²) in [6.45, 7) is 4.81. The fourth-order valence-electron chi connectivity index (χ4n) is 3.00. The second-order valence-corrected chi connectivity index (χ2v) is 5.80. The zero-order valence-corrected chi connectivity index (χ0v) is 13.3. The van der Waals surface area contributed by atoms with E-state index < -0.39 is 0 Å². The van der Waals surface area contributed by atoms with Gasteiger partial charge in [0.25, 0.3) is 0 Å². The standard InChI is InChI=1S/C16H22N6O/c1-12-19-14(13-3-2-6-22(11-13)7-8-23)9-15(20-12)21-16-10-17-4-5-18-16/h4-5,9-10,13,23H,2-3,6-8,11H2,1H3,(H,18,19,20,21)/t13-/m0/s1. The highest BCUT2D eigenvalue weighted by Gasteiger charge is 2.22. The monoisotopic (exact) mass is 314 g/mol. The summed E-state index contributed by atoms with van der Waals surface area (Å²) in [5.41, 5.74) is 1.05. The SMILES string of the molecule is Cc1nc(Nc2cnccn2)cc([C@H]2CCCN(CCO)C2)n1. The second-order valence-electron chi connectivity index (χ2n) is 5.80. The molecule has 1 fully saturated rings. The molecular formula is C16H22N6O. The molecule has 2 aromatic heterocycles. The normalized spacial score (nSPS) is 18.8. The summed E-state index contributed by atoms with van der Waals surface area (Å²) in [5.74, 6) is 2.53. The average molecular weight is 314 g/mol. The first-order chi connectivity index (χ1) is 11.2. The van der Waals surface area contributed by atoms with Crippen LogP contribution in [0.3, 0.4) is 0 Å². The van der Waals surface area contributed by atoms with Crippen LogP contribution in [0.2, 0.25) is 0 Å². The van der Waals surface area contributed by atoms with Crippen molar-refractivity contribution in [2.24, 2.45) is 0 Å². The fraction of sp³-hybridized carbons (Fsp3) is 0.500. The lowest BCUT2D eigenvalue weighted by Crippen LogP contribution is -2.36. The molecule has 23 heavy (non-hydrogen) atoms. The van der Waals surface area contributed by atoms with Crippen LogP contribution in [0.4, 0.5) is 11.6 Å². The van der Waals surface area contributed by atoms with E-state index in [2.05, 4.69) is 30.2 Å². The van der Waals surface area contributed by atoms with E-state index in [4.69, 9.17) is 5.11 Å². The Morgan fingerprint density at radius 3 is 3.00 bits per heavy atom. The van der Waals surface area contributed by atoms with Crippen LogP contribution in [-0.4, -0.2) is 56.2 Å². The van der Waals surface area contributed by atoms with Crippen molar-refractivity contribution in [1.29, 1.82) is 0 Å². The highest BCUT2D eigenvalue weighted by molar-refractivity contribution is 5.50. The molecule has 1 saturated heterocycles. The van der Waals surface area contributed by atoms with Gasteiger partial charge < -0.3 is 15.3 Å². The number of likely N-dealkylation sites (tertiary alicyclic amines) is 1. The summed E-state index contributed by atoms with van der Waals surface area (Å²) in [4.78, 5) is 19.6. The number of β-amino-alcohol motifs (C(OH)–C–C–N with tert-alkyl or cyclic N) is 1. The zero-order chi connectivity index (χ0) is 16.1. The van der Waals surface area contributed by atoms with Gasteiger partial charge in [-0.1, -0.05) is 0 Å². The van der Waals surface area contributed by atoms with Crippen LogP contribution in [0.1, 0.15) is 30.3 Å². The van der Waals surface area contributed by atoms with Crippen molar-refractivity contribution in [3.8, 4) is 0 Å². The molecule has 7 heteroatoms. The predicted molar refractivity (Wildman–Crippen MR) is 87.6 cm³/mol. The fourth-order valence-corrected chi connectivity index (χ4v) is 3.00. The Kier molecular flexibility index (Phi) is 5.09. The summed E-state index contributed by atoms with van der Waals surface area (Å²) in [7, 11) is 0. The Morgan fingerprint density at radius 1 is 1.30 bits per heavy atom. The Hall–Kier alpha value is -2.12. The van der Waals surface area contributed by atoms with E-state index >= 15 is 0 Å². The first-order valence-corrected chi connectivity index (χ1v) is 7.96. The van der Waals surface area contributed by atoms with Crippen LogP contribution >= 0.6 is 0 Å². The van der Waals surface area contributed by atoms with Gasteiger partial charge in [-0.25, -0.2) is 15.0 Å². The van der Waals surface area contributed by atoms with Crippen molar-refractivity contribution < 1.29 is 5.11 Å². The maximum atomic E-state index is 9.14. The van der Waals surface area contributed by atoms with E-state index in [1.54, 1.807) is 18.6 Å². The van der Waals surface area contributed by atoms with Gasteiger partial charge in [0, 0.05) is 37.5 Å². The molecule has 3 rings (SSSR count). The van der Waals surface area contributed by atoms with Crippen molar-refractivity contribution in [2.45, 2.75) is 25.7 Å². The van der Waals surface area contributed by atoms with Crippen molar-refractivity contribution in [3.63, 3.8) is 0 Å². The van der Waals surface area contributed by atoms with Crippen LogP contribution in [0.25, 0.3) is 0 Å². The van der Waals surface area contributed by atoms with Gasteiger partial charge in [-0.2, -0.15) is 0 Å². The van der Waals surface area contributed by atoms with Gasteiger partial charge in [0.15, 0.2) is 0 Å². The highest BCUT2D eigenvalue weighted by Crippen LogP contribution is 2.27. The van der Waals surface area contributed by atoms with Crippen LogP contribution in [0, 0.1) is 6.92 Å². The summed E-state index contributed by atoms with van der Waals surface area (Å²) in [6.07, 6.45) is 7.19. The Morgan fingerprint density at radius 2 is 2.22 bits per heavy atom. The zero-order valence-electron chi connectivity index (χ0n) is 13.3. The van der Waals surface area contributed by atoms with Crippen LogP contribution in [0.5, 0.6) is 0 Å². The van der Waals surface area contributed by atoms with Crippen LogP contribution in [0.15, 0.2) is 24.7 Å². The minimum atomic E-state index is 0.203. The largest absolute Gasteiger partial charge is 0.395 e. The van der Waals surface area contributed by atoms with E-state index in [0.29, 0.717) is 11.7 Å². The lowest BCUT2D eigenvalue weighted by molar-refractivity contribution is 0.160. The number of aliphatic hydroxyl groups is 1. The Labute approximate surface area is 135 Å². The molecular weight excluding hydrogens is 292 g/mol. The summed E-state index contributed by atoms with van der Waals surface area (Å²) in [5, 5.41) is 12.3. The number of piperidine rings is 1. The third-order valence-corrected chi connectivity index (χ3v) is 4.02. The number of hydrogen-bond donors (Lipinski definition) is 2. The molecule has 122 valence electrons. The van der Waals surface area contributed by atoms with E-state index in [1.807, 2.05) is 13.0 Å². The van der Waals surface area contributed by atoms with E-state index in [0.717, 1.165) is 49.8 Å². The number of nitrogens with zero attached hydrogens (tertiary/aromatic N) is 5. The van der Waals surface area contributed by atoms with Gasteiger partial charge in [-0.05, 0) is 26.3 Å². The molecule has 2 aromatic rings. The minimum absolute atomic E-state index is 0.203. The highest BCUT2D eigenvalue weighted by atomic mass is 16.3. The van der Waals surface area contributed by atoms with Crippen molar-refractivity contribution in [2.75, 3.05) is 31.6 Å². The summed E-state index contributed by atoms with van der Waals surface area (Å²) in [6, 6.07) is 1.99. The van der Waals surface area contributed by atoms with Gasteiger partial charge in [0.2, 0.25) is 0 Å². The maximum absolute atomic E-state index is 9.14. The Balaban J connectivity index is 1.77. The molecule has 2 N–H and O–H groups in total. The van der Waals surface area contributed by atoms with Gasteiger partial charge in [-0.15, -0.1) is 0 Å². The molecule has 0 saturated carbocycles. The third-order valence-electron chi connectivity index (χ3n) is 4.02. The number of anilines is 2. The third kappa shape index (κ3) is 4.20. The van der Waals surface area contributed by atoms with Crippen molar-refractivity contribution in [3.05, 3.63) is 36.2 Å². The maximum Gasteiger partial charge on any atom is 0.150 e. The van der Waals surface area contributed by atoms with Crippen LogP contribution in [-0.2, 0) is 0 Å². The molecule has 0 radical (unpaired) electrons. The lowest BCUT2D eigenvalue weighted by atomic mass is 9.94. The molecule has 0 bridgehead atoms. The number of aliphatic hydroxyl groups excluding tert-OH is 1. The van der Waals surface area contributed by atoms with Crippen LogP contribution < -0.4 is 5.32 Å². The van der Waals surface area contributed by atoms with Crippen molar-refractivity contribution in [1.82, 2.24) is 24.8 Å². The topological polar surface area (TPSA) is 87.1 Å². The predicted octanol–water partition coefficient (Wildman–Crippen LogP) is 1.49. The molecule has 7 nitrogen and oxygen atoms in total. The molecule has 1 atom stereocenters. The van der Waals surface area contributed by atoms with Crippen molar-refractivity contribution >= 4 is 11.6 Å². The number of rotatable bonds is 5.